The summed E-state index contributed by atoms with van der Waals surface area (Å²) in [5.41, 5.74) is 0.664. The summed E-state index contributed by atoms with van der Waals surface area (Å²) < 4.78 is 3.60. The SMILES string of the molecule is O=C(CC12CC3CC(C1)CC(n1cc([N+](=O)[O-])cn1)(C3)C2)Nc1ccn(Cc2ccccc2Cl)n1. The summed E-state index contributed by atoms with van der Waals surface area (Å²) in [5.74, 6) is 1.56. The molecule has 4 fully saturated rings. The number of rotatable bonds is 7. The van der Waals surface area contributed by atoms with Crippen LogP contribution in [0, 0.1) is 27.4 Å². The number of hydrogen-bond acceptors (Lipinski definition) is 5. The van der Waals surface area contributed by atoms with Gasteiger partial charge in [-0.15, -0.1) is 0 Å². The van der Waals surface area contributed by atoms with Gasteiger partial charge in [0.2, 0.25) is 5.91 Å². The predicted molar refractivity (Wildman–Crippen MR) is 130 cm³/mol. The van der Waals surface area contributed by atoms with E-state index in [4.69, 9.17) is 11.6 Å². The lowest BCUT2D eigenvalue weighted by molar-refractivity contribution is -0.385. The Morgan fingerprint density at radius 3 is 2.69 bits per heavy atom. The Labute approximate surface area is 207 Å². The minimum absolute atomic E-state index is 0.0277. The zero-order valence-corrected chi connectivity index (χ0v) is 20.0. The van der Waals surface area contributed by atoms with Crippen molar-refractivity contribution >= 4 is 29.0 Å². The molecule has 7 rings (SSSR count). The fourth-order valence-corrected chi connectivity index (χ4v) is 7.58. The summed E-state index contributed by atoms with van der Waals surface area (Å²) >= 11 is 6.26. The molecular formula is C25H27ClN6O3. The second-order valence-electron chi connectivity index (χ2n) is 10.8. The van der Waals surface area contributed by atoms with E-state index in [0.717, 1.165) is 37.7 Å². The highest BCUT2D eigenvalue weighted by Crippen LogP contribution is 2.65. The van der Waals surface area contributed by atoms with Crippen molar-refractivity contribution < 1.29 is 9.72 Å². The Balaban J connectivity index is 1.16. The van der Waals surface area contributed by atoms with E-state index in [1.54, 1.807) is 16.9 Å². The fraction of sp³-hybridized carbons (Fsp3) is 0.480. The smallest absolute Gasteiger partial charge is 0.307 e. The van der Waals surface area contributed by atoms with Gasteiger partial charge in [-0.05, 0) is 67.4 Å². The Kier molecular flexibility index (Phi) is 5.21. The van der Waals surface area contributed by atoms with E-state index in [9.17, 15) is 14.9 Å². The molecule has 4 saturated carbocycles. The van der Waals surface area contributed by atoms with Crippen molar-refractivity contribution in [3.05, 3.63) is 69.6 Å². The monoisotopic (exact) mass is 494 g/mol. The molecule has 0 aliphatic heterocycles. The number of nitro groups is 1. The number of carbonyl (C=O) groups excluding carboxylic acids is 1. The molecular weight excluding hydrogens is 468 g/mol. The first-order valence-electron chi connectivity index (χ1n) is 12.1. The van der Waals surface area contributed by atoms with E-state index in [-0.39, 0.29) is 22.5 Å². The molecule has 182 valence electrons. The van der Waals surface area contributed by atoms with E-state index in [1.165, 1.54) is 12.6 Å². The van der Waals surface area contributed by atoms with Gasteiger partial charge >= 0.3 is 5.69 Å². The second kappa shape index (κ2) is 8.19. The molecule has 0 radical (unpaired) electrons. The second-order valence-corrected chi connectivity index (χ2v) is 11.2. The van der Waals surface area contributed by atoms with Crippen LogP contribution in [0.25, 0.3) is 0 Å². The van der Waals surface area contributed by atoms with Gasteiger partial charge < -0.3 is 5.32 Å². The molecule has 0 spiro atoms. The van der Waals surface area contributed by atoms with Crippen molar-refractivity contribution in [1.82, 2.24) is 19.6 Å². The maximum Gasteiger partial charge on any atom is 0.307 e. The van der Waals surface area contributed by atoms with Crippen molar-refractivity contribution in [2.24, 2.45) is 17.3 Å². The standard InChI is InChI=1S/C25H27ClN6O3/c26-21-4-2-1-3-19(21)14-30-6-5-22(29-30)28-23(33)12-24-8-17-7-18(9-24)11-25(10-17,16-24)31-15-20(13-27-31)32(34)35/h1-6,13,15,17-18H,7-12,14,16H2,(H,28,29,33). The molecule has 4 bridgehead atoms. The van der Waals surface area contributed by atoms with E-state index >= 15 is 0 Å². The molecule has 1 amide bonds. The molecule has 10 heteroatoms. The molecule has 2 atom stereocenters. The summed E-state index contributed by atoms with van der Waals surface area (Å²) in [4.78, 5) is 24.0. The van der Waals surface area contributed by atoms with Gasteiger partial charge in [-0.25, -0.2) is 0 Å². The normalized spacial score (nSPS) is 28.8. The summed E-state index contributed by atoms with van der Waals surface area (Å²) in [6.07, 6.45) is 11.2. The van der Waals surface area contributed by atoms with E-state index in [1.807, 2.05) is 35.1 Å². The fourth-order valence-electron chi connectivity index (χ4n) is 7.39. The first-order chi connectivity index (χ1) is 16.8. The van der Waals surface area contributed by atoms with Crippen LogP contribution >= 0.6 is 11.6 Å². The number of aromatic nitrogens is 4. The van der Waals surface area contributed by atoms with Gasteiger partial charge in [-0.1, -0.05) is 29.8 Å². The number of amides is 1. The molecule has 4 aliphatic rings. The van der Waals surface area contributed by atoms with Gasteiger partial charge in [0, 0.05) is 23.7 Å². The van der Waals surface area contributed by atoms with Gasteiger partial charge in [0.05, 0.1) is 17.0 Å². The van der Waals surface area contributed by atoms with Crippen molar-refractivity contribution in [2.45, 2.75) is 57.0 Å². The summed E-state index contributed by atoms with van der Waals surface area (Å²) in [6, 6.07) is 9.44. The molecule has 3 aromatic rings. The van der Waals surface area contributed by atoms with Crippen LogP contribution in [0.3, 0.4) is 0 Å². The predicted octanol–water partition coefficient (Wildman–Crippen LogP) is 5.01. The minimum atomic E-state index is -0.391. The van der Waals surface area contributed by atoms with E-state index in [2.05, 4.69) is 15.5 Å². The zero-order valence-electron chi connectivity index (χ0n) is 19.3. The lowest BCUT2D eigenvalue weighted by atomic mass is 9.46. The number of nitrogens with zero attached hydrogens (tertiary/aromatic N) is 5. The first kappa shape index (κ1) is 22.3. The largest absolute Gasteiger partial charge is 0.309 e. The number of benzene rings is 1. The molecule has 0 saturated heterocycles. The van der Waals surface area contributed by atoms with Crippen LogP contribution in [0.2, 0.25) is 5.02 Å². The summed E-state index contributed by atoms with van der Waals surface area (Å²) in [7, 11) is 0. The van der Waals surface area contributed by atoms with E-state index < -0.39 is 4.92 Å². The maximum atomic E-state index is 13.2. The van der Waals surface area contributed by atoms with Crippen molar-refractivity contribution in [3.8, 4) is 0 Å². The Hall–Kier alpha value is -3.20. The molecule has 9 nitrogen and oxygen atoms in total. The highest BCUT2D eigenvalue weighted by Gasteiger charge is 2.59. The average molecular weight is 495 g/mol. The lowest BCUT2D eigenvalue weighted by Gasteiger charge is -2.61. The number of anilines is 1. The molecule has 1 aromatic carbocycles. The van der Waals surface area contributed by atoms with Gasteiger partial charge in [-0.3, -0.25) is 24.3 Å². The first-order valence-corrected chi connectivity index (χ1v) is 12.5. The Morgan fingerprint density at radius 2 is 1.97 bits per heavy atom. The zero-order chi connectivity index (χ0) is 24.2. The highest BCUT2D eigenvalue weighted by molar-refractivity contribution is 6.31. The molecule has 35 heavy (non-hydrogen) atoms. The third-order valence-electron chi connectivity index (χ3n) is 8.15. The summed E-state index contributed by atoms with van der Waals surface area (Å²) in [5, 5.41) is 23.8. The van der Waals surface area contributed by atoms with Gasteiger partial charge in [0.1, 0.15) is 12.4 Å². The van der Waals surface area contributed by atoms with Crippen molar-refractivity contribution in [3.63, 3.8) is 0 Å². The average Bonchev–Trinajstić information content (AvgIpc) is 3.44. The number of hydrogen-bond donors (Lipinski definition) is 1. The van der Waals surface area contributed by atoms with Gasteiger partial charge in [0.25, 0.3) is 0 Å². The third kappa shape index (κ3) is 4.11. The molecule has 2 aromatic heterocycles. The van der Waals surface area contributed by atoms with Crippen LogP contribution in [0.4, 0.5) is 11.5 Å². The highest BCUT2D eigenvalue weighted by atomic mass is 35.5. The van der Waals surface area contributed by atoms with Crippen LogP contribution in [0.5, 0.6) is 0 Å². The van der Waals surface area contributed by atoms with E-state index in [0.29, 0.717) is 35.6 Å². The van der Waals surface area contributed by atoms with Crippen molar-refractivity contribution in [1.29, 1.82) is 0 Å². The van der Waals surface area contributed by atoms with Crippen LogP contribution in [0.15, 0.2) is 48.9 Å². The van der Waals surface area contributed by atoms with Crippen LogP contribution in [-0.2, 0) is 16.9 Å². The third-order valence-corrected chi connectivity index (χ3v) is 8.52. The van der Waals surface area contributed by atoms with Crippen molar-refractivity contribution in [2.75, 3.05) is 5.32 Å². The number of carbonyl (C=O) groups is 1. The Bertz CT molecular complexity index is 1290. The van der Waals surface area contributed by atoms with Gasteiger partial charge in [0.15, 0.2) is 5.82 Å². The maximum absolute atomic E-state index is 13.2. The van der Waals surface area contributed by atoms with Crippen LogP contribution in [-0.4, -0.2) is 30.4 Å². The molecule has 1 N–H and O–H groups in total. The topological polar surface area (TPSA) is 108 Å². The minimum Gasteiger partial charge on any atom is -0.309 e. The van der Waals surface area contributed by atoms with Crippen LogP contribution < -0.4 is 5.32 Å². The summed E-state index contributed by atoms with van der Waals surface area (Å²) in [6.45, 7) is 0.529. The Morgan fingerprint density at radius 1 is 1.20 bits per heavy atom. The van der Waals surface area contributed by atoms with Crippen LogP contribution in [0.1, 0.15) is 50.5 Å². The van der Waals surface area contributed by atoms with Gasteiger partial charge in [-0.2, -0.15) is 10.2 Å². The number of halogens is 1. The quantitative estimate of drug-likeness (QED) is 0.366. The molecule has 2 unspecified atom stereocenters. The lowest BCUT2D eigenvalue weighted by Crippen LogP contribution is -2.57. The number of nitrogens with one attached hydrogen (secondary N) is 1. The molecule has 4 aliphatic carbocycles. The molecule has 2 heterocycles.